The molecular formula is C14H19N5. The zero-order chi connectivity index (χ0) is 13.1. The van der Waals surface area contributed by atoms with Gasteiger partial charge in [0.15, 0.2) is 5.82 Å². The highest BCUT2D eigenvalue weighted by Crippen LogP contribution is 2.12. The van der Waals surface area contributed by atoms with Crippen LogP contribution in [0.3, 0.4) is 0 Å². The molecular weight excluding hydrogens is 238 g/mol. The molecule has 0 radical (unpaired) electrons. The van der Waals surface area contributed by atoms with Crippen LogP contribution in [0.4, 0.5) is 0 Å². The largest absolute Gasteiger partial charge is 0.314 e. The summed E-state index contributed by atoms with van der Waals surface area (Å²) in [5.41, 5.74) is 2.63. The molecule has 5 heteroatoms. The fourth-order valence-electron chi connectivity index (χ4n) is 2.47. The van der Waals surface area contributed by atoms with Crippen molar-refractivity contribution in [3.63, 3.8) is 0 Å². The highest BCUT2D eigenvalue weighted by Gasteiger charge is 2.18. The number of tetrazole rings is 1. The Morgan fingerprint density at radius 3 is 3.11 bits per heavy atom. The molecule has 1 aliphatic rings. The van der Waals surface area contributed by atoms with Crippen molar-refractivity contribution in [1.82, 2.24) is 25.5 Å². The molecule has 1 aromatic heterocycles. The predicted molar refractivity (Wildman–Crippen MR) is 72.9 cm³/mol. The van der Waals surface area contributed by atoms with Crippen LogP contribution in [0.25, 0.3) is 0 Å². The average molecular weight is 257 g/mol. The van der Waals surface area contributed by atoms with E-state index in [0.29, 0.717) is 6.04 Å². The normalized spacial score (nSPS) is 18.9. The van der Waals surface area contributed by atoms with Gasteiger partial charge in [0, 0.05) is 13.0 Å². The van der Waals surface area contributed by atoms with Gasteiger partial charge in [0.2, 0.25) is 0 Å². The average Bonchev–Trinajstić information content (AvgIpc) is 3.07. The first-order chi connectivity index (χ1) is 9.31. The van der Waals surface area contributed by atoms with E-state index in [0.717, 1.165) is 38.2 Å². The Bertz CT molecular complexity index is 542. The highest BCUT2D eigenvalue weighted by molar-refractivity contribution is 5.22. The fraction of sp³-hybridized carbons (Fsp3) is 0.500. The van der Waals surface area contributed by atoms with Gasteiger partial charge in [0.1, 0.15) is 0 Å². The monoisotopic (exact) mass is 257 g/mol. The SMILES string of the molecule is Cc1cccc(CCc2nnn(C3CCNC3)n2)c1. The van der Waals surface area contributed by atoms with Gasteiger partial charge in [-0.1, -0.05) is 29.8 Å². The Hall–Kier alpha value is -1.75. The van der Waals surface area contributed by atoms with Gasteiger partial charge in [-0.15, -0.1) is 10.2 Å². The lowest BCUT2D eigenvalue weighted by Gasteiger charge is -2.04. The van der Waals surface area contributed by atoms with Crippen molar-refractivity contribution in [2.75, 3.05) is 13.1 Å². The summed E-state index contributed by atoms with van der Waals surface area (Å²) in [4.78, 5) is 1.77. The second-order valence-corrected chi connectivity index (χ2v) is 5.16. The predicted octanol–water partition coefficient (Wildman–Crippen LogP) is 1.30. The molecule has 2 aromatic rings. The molecule has 0 bridgehead atoms. The lowest BCUT2D eigenvalue weighted by atomic mass is 10.1. The van der Waals surface area contributed by atoms with Crippen molar-refractivity contribution in [2.45, 2.75) is 32.2 Å². The van der Waals surface area contributed by atoms with Crippen molar-refractivity contribution >= 4 is 0 Å². The smallest absolute Gasteiger partial charge is 0.175 e. The van der Waals surface area contributed by atoms with Crippen molar-refractivity contribution in [3.05, 3.63) is 41.2 Å². The van der Waals surface area contributed by atoms with E-state index < -0.39 is 0 Å². The summed E-state index contributed by atoms with van der Waals surface area (Å²) in [6.45, 7) is 4.11. The van der Waals surface area contributed by atoms with Crippen LogP contribution in [0, 0.1) is 6.92 Å². The Kier molecular flexibility index (Phi) is 3.55. The summed E-state index contributed by atoms with van der Waals surface area (Å²) in [5.74, 6) is 0.841. The third-order valence-electron chi connectivity index (χ3n) is 3.55. The molecule has 1 aromatic carbocycles. The van der Waals surface area contributed by atoms with Crippen molar-refractivity contribution < 1.29 is 0 Å². The maximum Gasteiger partial charge on any atom is 0.175 e. The van der Waals surface area contributed by atoms with E-state index >= 15 is 0 Å². The number of hydrogen-bond acceptors (Lipinski definition) is 4. The molecule has 3 rings (SSSR count). The van der Waals surface area contributed by atoms with Gasteiger partial charge in [-0.2, -0.15) is 4.80 Å². The summed E-state index contributed by atoms with van der Waals surface area (Å²) in [6, 6.07) is 8.95. The number of rotatable bonds is 4. The van der Waals surface area contributed by atoms with Gasteiger partial charge in [0.05, 0.1) is 6.04 Å². The van der Waals surface area contributed by atoms with Gasteiger partial charge >= 0.3 is 0 Å². The topological polar surface area (TPSA) is 55.6 Å². The molecule has 19 heavy (non-hydrogen) atoms. The summed E-state index contributed by atoms with van der Waals surface area (Å²) >= 11 is 0. The van der Waals surface area contributed by atoms with Crippen LogP contribution >= 0.6 is 0 Å². The van der Waals surface area contributed by atoms with E-state index in [1.165, 1.54) is 11.1 Å². The maximum absolute atomic E-state index is 4.48. The Labute approximate surface area is 113 Å². The van der Waals surface area contributed by atoms with Gasteiger partial charge in [-0.05, 0) is 37.1 Å². The number of aromatic nitrogens is 4. The molecule has 2 heterocycles. The highest BCUT2D eigenvalue weighted by atomic mass is 15.6. The third kappa shape index (κ3) is 2.98. The molecule has 1 unspecified atom stereocenters. The molecule has 1 saturated heterocycles. The van der Waals surface area contributed by atoms with Crippen molar-refractivity contribution in [2.24, 2.45) is 0 Å². The maximum atomic E-state index is 4.48. The molecule has 1 aliphatic heterocycles. The third-order valence-corrected chi connectivity index (χ3v) is 3.55. The first kappa shape index (κ1) is 12.3. The van der Waals surface area contributed by atoms with Crippen LogP contribution in [0.2, 0.25) is 0 Å². The van der Waals surface area contributed by atoms with E-state index in [1.54, 1.807) is 4.80 Å². The quantitative estimate of drug-likeness (QED) is 0.897. The number of aryl methyl sites for hydroxylation is 3. The molecule has 100 valence electrons. The van der Waals surface area contributed by atoms with Gasteiger partial charge in [-0.25, -0.2) is 0 Å². The molecule has 1 N–H and O–H groups in total. The fourth-order valence-corrected chi connectivity index (χ4v) is 2.47. The number of benzene rings is 1. The number of nitrogens with zero attached hydrogens (tertiary/aromatic N) is 4. The van der Waals surface area contributed by atoms with Crippen LogP contribution in [0.15, 0.2) is 24.3 Å². The van der Waals surface area contributed by atoms with Crippen molar-refractivity contribution in [3.8, 4) is 0 Å². The Morgan fingerprint density at radius 1 is 1.37 bits per heavy atom. The Morgan fingerprint density at radius 2 is 2.32 bits per heavy atom. The second kappa shape index (κ2) is 5.48. The molecule has 0 amide bonds. The summed E-state index contributed by atoms with van der Waals surface area (Å²) in [7, 11) is 0. The van der Waals surface area contributed by atoms with Crippen LogP contribution in [-0.2, 0) is 12.8 Å². The Balaban J connectivity index is 1.61. The van der Waals surface area contributed by atoms with E-state index in [4.69, 9.17) is 0 Å². The first-order valence-corrected chi connectivity index (χ1v) is 6.86. The molecule has 5 nitrogen and oxygen atoms in total. The van der Waals surface area contributed by atoms with Crippen LogP contribution in [0.1, 0.15) is 29.4 Å². The van der Waals surface area contributed by atoms with Crippen LogP contribution < -0.4 is 5.32 Å². The van der Waals surface area contributed by atoms with Crippen molar-refractivity contribution in [1.29, 1.82) is 0 Å². The molecule has 0 aliphatic carbocycles. The van der Waals surface area contributed by atoms with Crippen LogP contribution in [-0.4, -0.2) is 33.3 Å². The first-order valence-electron chi connectivity index (χ1n) is 6.86. The van der Waals surface area contributed by atoms with E-state index in [1.807, 2.05) is 0 Å². The summed E-state index contributed by atoms with van der Waals surface area (Å²) in [5, 5.41) is 16.1. The summed E-state index contributed by atoms with van der Waals surface area (Å²) in [6.07, 6.45) is 2.91. The minimum atomic E-state index is 0.375. The zero-order valence-electron chi connectivity index (χ0n) is 11.2. The lowest BCUT2D eigenvalue weighted by molar-refractivity contribution is 0.422. The minimum absolute atomic E-state index is 0.375. The summed E-state index contributed by atoms with van der Waals surface area (Å²) < 4.78 is 0. The zero-order valence-corrected chi connectivity index (χ0v) is 11.2. The van der Waals surface area contributed by atoms with Gasteiger partial charge in [0.25, 0.3) is 0 Å². The minimum Gasteiger partial charge on any atom is -0.314 e. The van der Waals surface area contributed by atoms with E-state index in [9.17, 15) is 0 Å². The molecule has 0 spiro atoms. The number of nitrogens with one attached hydrogen (secondary N) is 1. The van der Waals surface area contributed by atoms with E-state index in [2.05, 4.69) is 51.9 Å². The van der Waals surface area contributed by atoms with E-state index in [-0.39, 0.29) is 0 Å². The second-order valence-electron chi connectivity index (χ2n) is 5.16. The lowest BCUT2D eigenvalue weighted by Crippen LogP contribution is -2.16. The number of hydrogen-bond donors (Lipinski definition) is 1. The van der Waals surface area contributed by atoms with Crippen LogP contribution in [0.5, 0.6) is 0 Å². The molecule has 1 atom stereocenters. The van der Waals surface area contributed by atoms with Gasteiger partial charge < -0.3 is 5.32 Å². The molecule has 0 saturated carbocycles. The standard InChI is InChI=1S/C14H19N5/c1-11-3-2-4-12(9-11)5-6-14-16-18-19(17-14)13-7-8-15-10-13/h2-4,9,13,15H,5-8,10H2,1H3. The van der Waals surface area contributed by atoms with Gasteiger partial charge in [-0.3, -0.25) is 0 Å². The molecule has 1 fully saturated rings.